The molecule has 8 rings (SSSR count). The van der Waals surface area contributed by atoms with Crippen molar-refractivity contribution in [1.82, 2.24) is 0 Å². The predicted octanol–water partition coefficient (Wildman–Crippen LogP) is 10.2. The van der Waals surface area contributed by atoms with E-state index in [1.54, 1.807) is 0 Å². The van der Waals surface area contributed by atoms with Gasteiger partial charge in [0.1, 0.15) is 0 Å². The van der Waals surface area contributed by atoms with Gasteiger partial charge in [-0.1, -0.05) is 203 Å². The van der Waals surface area contributed by atoms with E-state index in [-0.39, 0.29) is 5.41 Å². The standard InChI is InChI=1S/C49H40O2P2/c1-49(2,3)42-33-19-32-41-43(40-31-18-21-34-20-16-17-30-39(34)40)46(52(35-22-8-4-9-23-35)36-24-10-5-11-25-36)47(45(44(41)42)48(50)51)53(37-26-12-6-13-27-37)38-28-14-7-15-29-38/h4-33H,1-3H3,(H,50,51). The van der Waals surface area contributed by atoms with Crippen LogP contribution in [0.15, 0.2) is 182 Å². The maximum atomic E-state index is 14.4. The lowest BCUT2D eigenvalue weighted by Crippen LogP contribution is -2.40. The molecular formula is C49H40O2P2. The number of rotatable bonds is 8. The first-order chi connectivity index (χ1) is 25.8. The highest BCUT2D eigenvalue weighted by molar-refractivity contribution is 7.85. The van der Waals surface area contributed by atoms with Gasteiger partial charge < -0.3 is 5.11 Å². The van der Waals surface area contributed by atoms with Crippen LogP contribution in [0.25, 0.3) is 32.7 Å². The van der Waals surface area contributed by atoms with Crippen LogP contribution in [0.3, 0.4) is 0 Å². The Hall–Kier alpha value is -5.39. The molecule has 0 aliphatic carbocycles. The molecule has 0 aliphatic rings. The van der Waals surface area contributed by atoms with E-state index in [9.17, 15) is 9.90 Å². The lowest BCUT2D eigenvalue weighted by molar-refractivity contribution is 0.0700. The van der Waals surface area contributed by atoms with Crippen molar-refractivity contribution in [2.45, 2.75) is 26.2 Å². The second-order valence-corrected chi connectivity index (χ2v) is 18.6. The Kier molecular flexibility index (Phi) is 9.53. The van der Waals surface area contributed by atoms with Crippen molar-refractivity contribution in [3.8, 4) is 11.1 Å². The fourth-order valence-corrected chi connectivity index (χ4v) is 13.3. The van der Waals surface area contributed by atoms with Crippen LogP contribution in [0.2, 0.25) is 0 Å². The molecule has 0 amide bonds. The second kappa shape index (κ2) is 14.6. The molecule has 8 aromatic rings. The lowest BCUT2D eigenvalue weighted by Gasteiger charge is -2.34. The molecule has 0 unspecified atom stereocenters. The van der Waals surface area contributed by atoms with Gasteiger partial charge in [0.15, 0.2) is 0 Å². The van der Waals surface area contributed by atoms with Gasteiger partial charge in [-0.15, -0.1) is 0 Å². The van der Waals surface area contributed by atoms with E-state index in [0.717, 1.165) is 59.5 Å². The first kappa shape index (κ1) is 34.7. The summed E-state index contributed by atoms with van der Waals surface area (Å²) in [5, 5.41) is 22.5. The molecule has 0 saturated carbocycles. The molecule has 0 aliphatic heterocycles. The van der Waals surface area contributed by atoms with Crippen LogP contribution in [-0.4, -0.2) is 11.1 Å². The van der Waals surface area contributed by atoms with Crippen molar-refractivity contribution >= 4 is 75.2 Å². The highest BCUT2D eigenvalue weighted by atomic mass is 31.1. The Morgan fingerprint density at radius 1 is 0.472 bits per heavy atom. The normalized spacial score (nSPS) is 11.8. The predicted molar refractivity (Wildman–Crippen MR) is 230 cm³/mol. The zero-order valence-electron chi connectivity index (χ0n) is 30.1. The highest BCUT2D eigenvalue weighted by Crippen LogP contribution is 2.48. The number of hydrogen-bond acceptors (Lipinski definition) is 1. The Labute approximate surface area is 314 Å². The molecule has 258 valence electrons. The quantitative estimate of drug-likeness (QED) is 0.159. The average molecular weight is 723 g/mol. The molecule has 0 aromatic heterocycles. The van der Waals surface area contributed by atoms with Gasteiger partial charge in [-0.2, -0.15) is 0 Å². The van der Waals surface area contributed by atoms with Gasteiger partial charge in [-0.25, -0.2) is 4.79 Å². The third-order valence-corrected chi connectivity index (χ3v) is 15.1. The summed E-state index contributed by atoms with van der Waals surface area (Å²) in [7, 11) is -2.65. The SMILES string of the molecule is CC(C)(C)c1cccc2c(-c3cccc4ccccc34)c(P(c3ccccc3)c3ccccc3)c(P(c3ccccc3)c3ccccc3)c(C(=O)O)c12. The zero-order valence-corrected chi connectivity index (χ0v) is 31.9. The van der Waals surface area contributed by atoms with Crippen LogP contribution in [0.5, 0.6) is 0 Å². The van der Waals surface area contributed by atoms with Gasteiger partial charge in [0, 0.05) is 16.0 Å². The van der Waals surface area contributed by atoms with Gasteiger partial charge in [0.05, 0.1) is 5.56 Å². The summed E-state index contributed by atoms with van der Waals surface area (Å²) in [5.74, 6) is -0.900. The molecule has 0 radical (unpaired) electrons. The Balaban J connectivity index is 1.72. The van der Waals surface area contributed by atoms with Gasteiger partial charge in [-0.3, -0.25) is 0 Å². The van der Waals surface area contributed by atoms with Crippen molar-refractivity contribution in [2.24, 2.45) is 0 Å². The molecule has 0 atom stereocenters. The first-order valence-electron chi connectivity index (χ1n) is 18.0. The summed E-state index contributed by atoms with van der Waals surface area (Å²) < 4.78 is 0. The van der Waals surface area contributed by atoms with Crippen LogP contribution in [0, 0.1) is 0 Å². The smallest absolute Gasteiger partial charge is 0.337 e. The molecular weight excluding hydrogens is 682 g/mol. The number of benzene rings is 8. The van der Waals surface area contributed by atoms with Gasteiger partial charge in [-0.05, 0) is 75.3 Å². The average Bonchev–Trinajstić information content (AvgIpc) is 3.19. The molecule has 4 heteroatoms. The van der Waals surface area contributed by atoms with Crippen molar-refractivity contribution in [3.63, 3.8) is 0 Å². The summed E-state index contributed by atoms with van der Waals surface area (Å²) in [6.07, 6.45) is 0. The Morgan fingerprint density at radius 2 is 0.887 bits per heavy atom. The third kappa shape index (κ3) is 6.48. The third-order valence-electron chi connectivity index (χ3n) is 9.87. The molecule has 0 fully saturated rings. The van der Waals surface area contributed by atoms with Crippen molar-refractivity contribution in [3.05, 3.63) is 193 Å². The molecule has 0 heterocycles. The number of fused-ring (bicyclic) bond motifs is 2. The van der Waals surface area contributed by atoms with E-state index < -0.39 is 21.8 Å². The van der Waals surface area contributed by atoms with E-state index in [1.165, 1.54) is 10.6 Å². The summed E-state index contributed by atoms with van der Waals surface area (Å²) in [6, 6.07) is 64.2. The monoisotopic (exact) mass is 722 g/mol. The van der Waals surface area contributed by atoms with E-state index in [2.05, 4.69) is 191 Å². The number of aromatic carboxylic acids is 1. The minimum absolute atomic E-state index is 0.329. The number of carboxylic acids is 1. The summed E-state index contributed by atoms with van der Waals surface area (Å²) in [5.41, 5.74) is 3.33. The molecule has 0 saturated heterocycles. The first-order valence-corrected chi connectivity index (χ1v) is 20.7. The summed E-state index contributed by atoms with van der Waals surface area (Å²) in [4.78, 5) is 14.4. The van der Waals surface area contributed by atoms with Crippen molar-refractivity contribution < 1.29 is 9.90 Å². The van der Waals surface area contributed by atoms with Crippen LogP contribution in [0.4, 0.5) is 0 Å². The van der Waals surface area contributed by atoms with Crippen molar-refractivity contribution in [2.75, 3.05) is 0 Å². The molecule has 1 N–H and O–H groups in total. The van der Waals surface area contributed by atoms with Crippen LogP contribution in [-0.2, 0) is 5.41 Å². The fraction of sp³-hybridized carbons (Fsp3) is 0.0816. The fourth-order valence-electron chi connectivity index (χ4n) is 7.62. The maximum Gasteiger partial charge on any atom is 0.337 e. The van der Waals surface area contributed by atoms with E-state index in [1.807, 2.05) is 12.1 Å². The topological polar surface area (TPSA) is 37.3 Å². The number of carbonyl (C=O) groups is 1. The van der Waals surface area contributed by atoms with Crippen LogP contribution < -0.4 is 31.8 Å². The molecule has 2 nitrogen and oxygen atoms in total. The largest absolute Gasteiger partial charge is 0.478 e. The van der Waals surface area contributed by atoms with E-state index in [0.29, 0.717) is 5.56 Å². The maximum absolute atomic E-state index is 14.4. The second-order valence-electron chi connectivity index (χ2n) is 14.3. The van der Waals surface area contributed by atoms with Crippen LogP contribution >= 0.6 is 15.8 Å². The minimum Gasteiger partial charge on any atom is -0.478 e. The van der Waals surface area contributed by atoms with Gasteiger partial charge in [0.25, 0.3) is 0 Å². The minimum atomic E-state index is -1.37. The van der Waals surface area contributed by atoms with E-state index in [4.69, 9.17) is 0 Å². The zero-order chi connectivity index (χ0) is 36.5. The Morgan fingerprint density at radius 3 is 1.38 bits per heavy atom. The molecule has 0 bridgehead atoms. The number of hydrogen-bond donors (Lipinski definition) is 1. The molecule has 8 aromatic carbocycles. The summed E-state index contributed by atoms with van der Waals surface area (Å²) in [6.45, 7) is 6.57. The van der Waals surface area contributed by atoms with Gasteiger partial charge >= 0.3 is 5.97 Å². The molecule has 0 spiro atoms. The van der Waals surface area contributed by atoms with Crippen LogP contribution in [0.1, 0.15) is 36.7 Å². The summed E-state index contributed by atoms with van der Waals surface area (Å²) >= 11 is 0. The van der Waals surface area contributed by atoms with Crippen molar-refractivity contribution in [1.29, 1.82) is 0 Å². The van der Waals surface area contributed by atoms with E-state index >= 15 is 0 Å². The lowest BCUT2D eigenvalue weighted by atomic mass is 9.80. The molecule has 53 heavy (non-hydrogen) atoms. The number of carboxylic acid groups (broad SMARTS) is 1. The van der Waals surface area contributed by atoms with Gasteiger partial charge in [0.2, 0.25) is 0 Å². The Bertz CT molecular complexity index is 2480. The highest BCUT2D eigenvalue weighted by Gasteiger charge is 2.37.